The molecule has 222 valence electrons. The fourth-order valence-electron chi connectivity index (χ4n) is 3.27. The Labute approximate surface area is 304 Å². The van der Waals surface area contributed by atoms with Crippen LogP contribution >= 0.6 is 0 Å². The minimum Gasteiger partial charge on any atom is 0 e. The monoisotopic (exact) mass is 878 g/mol. The molecule has 2 fully saturated rings. The molecule has 0 aliphatic heterocycles. The van der Waals surface area contributed by atoms with Crippen molar-refractivity contribution in [2.45, 2.75) is 55.4 Å². The first kappa shape index (κ1) is 54.5. The minimum atomic E-state index is 0. The number of rotatable bonds is 0. The van der Waals surface area contributed by atoms with Gasteiger partial charge in [-0.2, -0.15) is 0 Å². The molecule has 4 rings (SSSR count). The average molecular weight is 874 g/mol. The van der Waals surface area contributed by atoms with Gasteiger partial charge in [-0.05, 0) is 63.2 Å². The van der Waals surface area contributed by atoms with Crippen molar-refractivity contribution in [1.29, 1.82) is 0 Å². The standard InChI is InChI=1S/2C9H11Te.2C6H7.4CO.2Mn/c2*1-6-4-7(2)9(10)8(3)5-6;2*1-6-4-2-3-5-6;4*1-2;;/h2*4-5H,1-3H3;2*2-5H,1H3;;;;;;. The summed E-state index contributed by atoms with van der Waals surface area (Å²) < 4.78 is 32.9. The van der Waals surface area contributed by atoms with E-state index in [1.54, 1.807) is 0 Å². The maximum absolute atomic E-state index is 7.50. The summed E-state index contributed by atoms with van der Waals surface area (Å²) in [5.74, 6) is 2.69. The summed E-state index contributed by atoms with van der Waals surface area (Å²) in [6, 6.07) is 8.91. The van der Waals surface area contributed by atoms with E-state index in [1.165, 1.54) is 52.4 Å². The molecule has 14 radical (unpaired) electrons. The quantitative estimate of drug-likeness (QED) is 0.191. The predicted octanol–water partition coefficient (Wildman–Crippen LogP) is 5.48. The second kappa shape index (κ2) is 37.2. The summed E-state index contributed by atoms with van der Waals surface area (Å²) in [6.45, 7) is 35.1. The molecule has 0 unspecified atom stereocenters. The minimum absolute atomic E-state index is 0. The average Bonchev–Trinajstić information content (AvgIpc) is 3.65. The van der Waals surface area contributed by atoms with Crippen LogP contribution in [0.25, 0.3) is 0 Å². The molecule has 0 amide bonds. The van der Waals surface area contributed by atoms with E-state index in [2.05, 4.69) is 177 Å². The van der Waals surface area contributed by atoms with Crippen molar-refractivity contribution in [1.82, 2.24) is 0 Å². The number of benzene rings is 2. The van der Waals surface area contributed by atoms with Crippen molar-refractivity contribution in [2.75, 3.05) is 0 Å². The molecule has 0 atom stereocenters. The molecule has 2 aromatic rings. The van der Waals surface area contributed by atoms with E-state index in [-0.39, 0.29) is 34.1 Å². The Hall–Kier alpha value is 0.0182. The molecule has 8 heteroatoms. The van der Waals surface area contributed by atoms with Gasteiger partial charge in [0, 0.05) is 34.1 Å². The van der Waals surface area contributed by atoms with E-state index in [0.717, 1.165) is 0 Å². The Morgan fingerprint density at radius 3 is 0.690 bits per heavy atom. The first-order valence-electron chi connectivity index (χ1n) is 11.7. The third-order valence-corrected chi connectivity index (χ3v) is 8.54. The molecule has 42 heavy (non-hydrogen) atoms. The van der Waals surface area contributed by atoms with Gasteiger partial charge in [0.05, 0.1) is 0 Å². The van der Waals surface area contributed by atoms with Gasteiger partial charge >= 0.3 is 196 Å². The summed E-state index contributed by atoms with van der Waals surface area (Å²) >= 11 is 4.20. The van der Waals surface area contributed by atoms with E-state index < -0.39 is 0 Å². The molecule has 2 aliphatic rings. The van der Waals surface area contributed by atoms with Crippen molar-refractivity contribution < 1.29 is 52.7 Å². The van der Waals surface area contributed by atoms with Crippen LogP contribution in [0.5, 0.6) is 0 Å². The van der Waals surface area contributed by atoms with Crippen LogP contribution in [0.4, 0.5) is 0 Å². The van der Waals surface area contributed by atoms with Gasteiger partial charge in [0.25, 0.3) is 0 Å². The Bertz CT molecular complexity index is 866. The molecule has 0 bridgehead atoms. The molecule has 0 saturated heterocycles. The van der Waals surface area contributed by atoms with Gasteiger partial charge in [0.1, 0.15) is 0 Å². The third kappa shape index (κ3) is 28.8. The predicted molar refractivity (Wildman–Crippen MR) is 160 cm³/mol. The second-order valence-electron chi connectivity index (χ2n) is 8.38. The first-order chi connectivity index (χ1) is 19.0. The molecular formula is C34H36Mn2O4Te2. The van der Waals surface area contributed by atoms with E-state index in [1.807, 2.05) is 25.7 Å². The Kier molecular flexibility index (Phi) is 48.3. The summed E-state index contributed by atoms with van der Waals surface area (Å²) in [7, 11) is 0. The summed E-state index contributed by atoms with van der Waals surface area (Å²) in [4.78, 5) is 0. The SMILES string of the molecule is C[C]1[CH][CH][CH][CH]1.C[C]1[CH][CH][CH][CH]1.Cc1cc(C)c([Te])c(C)c1.Cc1cc(C)c([Te])c(C)c1.[C-]#[O+].[C-]#[O+].[C-]#[O+].[C-]#[O+].[Mn].[Mn]. The first-order valence-corrected chi connectivity index (χ1v) is 14.0. The van der Waals surface area contributed by atoms with Gasteiger partial charge in [-0.25, -0.2) is 0 Å². The van der Waals surface area contributed by atoms with Crippen molar-refractivity contribution in [2.24, 2.45) is 0 Å². The van der Waals surface area contributed by atoms with Gasteiger partial charge in [-0.3, -0.25) is 0 Å². The number of aryl methyl sites for hydroxylation is 6. The molecular weight excluding hydrogens is 837 g/mol. The van der Waals surface area contributed by atoms with Crippen LogP contribution in [0.1, 0.15) is 47.2 Å². The van der Waals surface area contributed by atoms with Crippen LogP contribution in [-0.4, -0.2) is 44.6 Å². The molecule has 2 aliphatic carbocycles. The van der Waals surface area contributed by atoms with E-state index in [0.29, 0.717) is 0 Å². The van der Waals surface area contributed by atoms with Gasteiger partial charge in [-0.1, -0.05) is 13.8 Å². The zero-order valence-electron chi connectivity index (χ0n) is 25.1. The normalized spacial score (nSPS) is 12.2. The smallest absolute Gasteiger partial charge is 0 e. The molecule has 2 saturated carbocycles. The van der Waals surface area contributed by atoms with Crippen LogP contribution < -0.4 is 7.22 Å². The Balaban J connectivity index is -0.0000000952. The number of hydrogen-bond donors (Lipinski definition) is 0. The van der Waals surface area contributed by atoms with Crippen molar-refractivity contribution >= 4 is 51.8 Å². The van der Waals surface area contributed by atoms with Gasteiger partial charge < -0.3 is 0 Å². The fourth-order valence-corrected chi connectivity index (χ4v) is 3.95. The van der Waals surface area contributed by atoms with E-state index in [9.17, 15) is 0 Å². The Morgan fingerprint density at radius 1 is 0.405 bits per heavy atom. The van der Waals surface area contributed by atoms with Crippen molar-refractivity contribution in [3.05, 3.63) is 147 Å². The summed E-state index contributed by atoms with van der Waals surface area (Å²) in [6.07, 6.45) is 16.5. The molecule has 0 spiro atoms. The van der Waals surface area contributed by atoms with E-state index in [4.69, 9.17) is 18.6 Å². The van der Waals surface area contributed by atoms with Crippen LogP contribution in [0.3, 0.4) is 0 Å². The van der Waals surface area contributed by atoms with Crippen molar-refractivity contribution in [3.63, 3.8) is 0 Å². The fraction of sp³-hybridized carbons (Fsp3) is 0.235. The molecule has 0 N–H and O–H groups in total. The zero-order chi connectivity index (χ0) is 32.3. The zero-order valence-corrected chi connectivity index (χ0v) is 32.2. The van der Waals surface area contributed by atoms with Crippen molar-refractivity contribution in [3.8, 4) is 0 Å². The van der Waals surface area contributed by atoms with Gasteiger partial charge in [0.2, 0.25) is 0 Å². The number of hydrogen-bond acceptors (Lipinski definition) is 0. The molecule has 0 heterocycles. The molecule has 2 aromatic carbocycles. The van der Waals surface area contributed by atoms with E-state index >= 15 is 0 Å². The second-order valence-corrected chi connectivity index (χ2v) is 10.7. The van der Waals surface area contributed by atoms with Gasteiger partial charge in [0.15, 0.2) is 0 Å². The maximum atomic E-state index is 7.50. The van der Waals surface area contributed by atoms with Crippen LogP contribution in [0, 0.1) is 131 Å². The van der Waals surface area contributed by atoms with Gasteiger partial charge in [-0.15, -0.1) is 0 Å². The van der Waals surface area contributed by atoms with Crippen LogP contribution in [0.2, 0.25) is 0 Å². The maximum Gasteiger partial charge on any atom is 0 e. The van der Waals surface area contributed by atoms with Crippen LogP contribution in [-0.2, 0) is 52.7 Å². The molecule has 0 aromatic heterocycles. The summed E-state index contributed by atoms with van der Waals surface area (Å²) in [5.41, 5.74) is 8.35. The largest absolute Gasteiger partial charge is 0 e. The molecule has 4 nitrogen and oxygen atoms in total. The van der Waals surface area contributed by atoms with Crippen LogP contribution in [0.15, 0.2) is 24.3 Å². The third-order valence-electron chi connectivity index (χ3n) is 4.87. The Morgan fingerprint density at radius 2 is 0.571 bits per heavy atom. The summed E-state index contributed by atoms with van der Waals surface area (Å²) in [5, 5.41) is 0. The topological polar surface area (TPSA) is 79.6 Å².